The summed E-state index contributed by atoms with van der Waals surface area (Å²) in [4.78, 5) is 26.2. The van der Waals surface area contributed by atoms with Crippen molar-refractivity contribution in [2.45, 2.75) is 0 Å². The summed E-state index contributed by atoms with van der Waals surface area (Å²) in [7, 11) is 8.22. The lowest BCUT2D eigenvalue weighted by molar-refractivity contribution is 1.13. The highest BCUT2D eigenvalue weighted by molar-refractivity contribution is 7.23. The molecule has 0 radical (unpaired) electrons. The summed E-state index contributed by atoms with van der Waals surface area (Å²) in [6, 6.07) is 45.1. The number of nitrogens with zero attached hydrogens (tertiary/aromatic N) is 4. The summed E-state index contributed by atoms with van der Waals surface area (Å²) in [6.45, 7) is 0. The second-order valence-electron chi connectivity index (χ2n) is 13.4. The first-order valence-corrected chi connectivity index (χ1v) is 18.9. The molecule has 9 aromatic rings. The number of nitrogens with one attached hydrogen (secondary N) is 2. The third kappa shape index (κ3) is 5.86. The minimum Gasteiger partial charge on any atom is -0.378 e. The van der Waals surface area contributed by atoms with Crippen LogP contribution in [0.25, 0.3) is 63.8 Å². The number of aromatic amines is 2. The second kappa shape index (κ2) is 13.0. The number of para-hydroxylation sites is 1. The highest BCUT2D eigenvalue weighted by atomic mass is 32.1. The van der Waals surface area contributed by atoms with Gasteiger partial charge >= 0.3 is 0 Å². The largest absolute Gasteiger partial charge is 0.378 e. The summed E-state index contributed by atoms with van der Waals surface area (Å²) in [5.74, 6) is 0. The number of H-pyrrole nitrogens is 2. The van der Waals surface area contributed by atoms with Crippen LogP contribution in [0.4, 0.5) is 22.7 Å². The highest BCUT2D eigenvalue weighted by Crippen LogP contribution is 2.37. The predicted molar refractivity (Wildman–Crippen MR) is 224 cm³/mol. The molecule has 5 aromatic carbocycles. The fourth-order valence-electron chi connectivity index (χ4n) is 6.77. The van der Waals surface area contributed by atoms with Gasteiger partial charge in [0.2, 0.25) is 0 Å². The van der Waals surface area contributed by atoms with Gasteiger partial charge in [0.1, 0.15) is 0 Å². The van der Waals surface area contributed by atoms with Crippen LogP contribution in [0.1, 0.15) is 0 Å². The van der Waals surface area contributed by atoms with Gasteiger partial charge in [-0.05, 0) is 108 Å². The first-order chi connectivity index (χ1) is 25.4. The van der Waals surface area contributed by atoms with E-state index in [0.29, 0.717) is 0 Å². The molecule has 9 rings (SSSR count). The monoisotopic (exact) mass is 712 g/mol. The van der Waals surface area contributed by atoms with Crippen molar-refractivity contribution in [1.29, 1.82) is 0 Å². The minimum atomic E-state index is 0.903. The molecule has 0 saturated heterocycles. The molecule has 0 saturated carbocycles. The Hall–Kier alpha value is -5.96. The number of benzene rings is 5. The van der Waals surface area contributed by atoms with E-state index in [1.165, 1.54) is 20.2 Å². The standard InChI is InChI=1S/C44H36N6S2/c1-49(2)30-16-12-28(13-17-30)45-43-32-8-5-6-9-36(32)47-38-26-35-39(25-34(38)43)48-37-20-11-27(40-21-22-42(52-40)41-10-7-23-51-41)24-33(37)44(35)46-29-14-18-31(19-15-29)50(3)4/h5-26H,1-4H3,(H,45,47)(H,46,48). The Morgan fingerprint density at radius 2 is 1.02 bits per heavy atom. The average molecular weight is 713 g/mol. The van der Waals surface area contributed by atoms with Gasteiger partial charge in [-0.3, -0.25) is 0 Å². The highest BCUT2D eigenvalue weighted by Gasteiger charge is 2.13. The SMILES string of the molecule is CN(C)c1ccc(N=c2c3ccccc3[nH]c3cc4c(=Nc5ccc(N(C)C)cc5)c5cc(-c6ccc(-c7cccs7)s6)ccc5[nH]c4cc23)cc1. The number of fused-ring (bicyclic) bond motifs is 4. The first kappa shape index (κ1) is 32.0. The lowest BCUT2D eigenvalue weighted by Crippen LogP contribution is -2.11. The van der Waals surface area contributed by atoms with Crippen molar-refractivity contribution in [2.75, 3.05) is 38.0 Å². The van der Waals surface area contributed by atoms with E-state index in [0.717, 1.165) is 77.1 Å². The molecule has 2 N–H and O–H groups in total. The Morgan fingerprint density at radius 1 is 0.462 bits per heavy atom. The Labute approximate surface area is 309 Å². The zero-order chi connectivity index (χ0) is 35.3. The van der Waals surface area contributed by atoms with E-state index in [1.807, 2.05) is 11.3 Å². The molecular formula is C44H36N6S2. The topological polar surface area (TPSA) is 62.8 Å². The van der Waals surface area contributed by atoms with Crippen LogP contribution in [-0.4, -0.2) is 38.2 Å². The smallest absolute Gasteiger partial charge is 0.0824 e. The normalized spacial score (nSPS) is 12.5. The lowest BCUT2D eigenvalue weighted by atomic mass is 10.0. The van der Waals surface area contributed by atoms with Gasteiger partial charge in [0, 0.05) is 97.8 Å². The van der Waals surface area contributed by atoms with E-state index in [9.17, 15) is 0 Å². The quantitative estimate of drug-likeness (QED) is 0.169. The van der Waals surface area contributed by atoms with Crippen LogP contribution in [0.5, 0.6) is 0 Å². The number of anilines is 2. The molecule has 0 fully saturated rings. The maximum atomic E-state index is 5.39. The van der Waals surface area contributed by atoms with Crippen LogP contribution in [0.15, 0.2) is 143 Å². The fourth-order valence-corrected chi connectivity index (χ4v) is 8.61. The van der Waals surface area contributed by atoms with Crippen LogP contribution >= 0.6 is 22.7 Å². The number of pyridine rings is 2. The molecule has 0 atom stereocenters. The van der Waals surface area contributed by atoms with E-state index < -0.39 is 0 Å². The zero-order valence-corrected chi connectivity index (χ0v) is 30.9. The van der Waals surface area contributed by atoms with Gasteiger partial charge in [-0.2, -0.15) is 0 Å². The number of aromatic nitrogens is 2. The summed E-state index contributed by atoms with van der Waals surface area (Å²) in [5.41, 5.74) is 9.31. The first-order valence-electron chi connectivity index (χ1n) is 17.2. The molecule has 6 nitrogen and oxygen atoms in total. The van der Waals surface area contributed by atoms with Crippen molar-refractivity contribution < 1.29 is 0 Å². The number of hydrogen-bond donors (Lipinski definition) is 2. The molecule has 0 spiro atoms. The molecule has 0 aliphatic rings. The number of rotatable bonds is 6. The molecule has 4 aromatic heterocycles. The predicted octanol–water partition coefficient (Wildman–Crippen LogP) is 11.0. The Balaban J connectivity index is 1.31. The van der Waals surface area contributed by atoms with E-state index in [-0.39, 0.29) is 0 Å². The fraction of sp³-hybridized carbons (Fsp3) is 0.0909. The summed E-state index contributed by atoms with van der Waals surface area (Å²) in [6.07, 6.45) is 0. The van der Waals surface area contributed by atoms with Crippen LogP contribution in [0.2, 0.25) is 0 Å². The van der Waals surface area contributed by atoms with Crippen molar-refractivity contribution in [3.63, 3.8) is 0 Å². The number of thiophene rings is 2. The van der Waals surface area contributed by atoms with Crippen molar-refractivity contribution in [3.8, 4) is 20.2 Å². The molecular weight excluding hydrogens is 677 g/mol. The van der Waals surface area contributed by atoms with Gasteiger partial charge in [0.25, 0.3) is 0 Å². The van der Waals surface area contributed by atoms with E-state index in [4.69, 9.17) is 9.98 Å². The van der Waals surface area contributed by atoms with E-state index in [2.05, 4.69) is 181 Å². The minimum absolute atomic E-state index is 0.903. The molecule has 0 unspecified atom stereocenters. The molecule has 4 heterocycles. The Kier molecular flexibility index (Phi) is 7.98. The van der Waals surface area contributed by atoms with Crippen molar-refractivity contribution in [1.82, 2.24) is 9.97 Å². The molecule has 254 valence electrons. The molecule has 0 aliphatic heterocycles. The van der Waals surface area contributed by atoms with Crippen molar-refractivity contribution in [2.24, 2.45) is 9.98 Å². The maximum absolute atomic E-state index is 5.39. The molecule has 8 heteroatoms. The lowest BCUT2D eigenvalue weighted by Gasteiger charge is -2.13. The van der Waals surface area contributed by atoms with Gasteiger partial charge in [-0.15, -0.1) is 22.7 Å². The van der Waals surface area contributed by atoms with Gasteiger partial charge < -0.3 is 19.8 Å². The van der Waals surface area contributed by atoms with Gasteiger partial charge in [0.05, 0.1) is 22.1 Å². The molecule has 0 amide bonds. The Bertz CT molecular complexity index is 2890. The third-order valence-corrected chi connectivity index (χ3v) is 11.7. The van der Waals surface area contributed by atoms with E-state index in [1.54, 1.807) is 11.3 Å². The second-order valence-corrected chi connectivity index (χ2v) is 15.4. The van der Waals surface area contributed by atoms with Crippen LogP contribution in [-0.2, 0) is 0 Å². The number of hydrogen-bond acceptors (Lipinski definition) is 6. The average Bonchev–Trinajstić information content (AvgIpc) is 3.88. The van der Waals surface area contributed by atoms with E-state index >= 15 is 0 Å². The van der Waals surface area contributed by atoms with Crippen LogP contribution in [0.3, 0.4) is 0 Å². The van der Waals surface area contributed by atoms with Crippen LogP contribution < -0.4 is 20.5 Å². The van der Waals surface area contributed by atoms with Crippen molar-refractivity contribution >= 4 is 89.0 Å². The summed E-state index contributed by atoms with van der Waals surface area (Å²) < 4.78 is 0. The molecule has 0 aliphatic carbocycles. The Morgan fingerprint density at radius 3 is 1.62 bits per heavy atom. The summed E-state index contributed by atoms with van der Waals surface area (Å²) in [5, 5.41) is 8.21. The third-order valence-electron chi connectivity index (χ3n) is 9.53. The summed E-state index contributed by atoms with van der Waals surface area (Å²) >= 11 is 3.60. The zero-order valence-electron chi connectivity index (χ0n) is 29.3. The van der Waals surface area contributed by atoms with Crippen molar-refractivity contribution in [3.05, 3.63) is 143 Å². The van der Waals surface area contributed by atoms with Gasteiger partial charge in [-0.25, -0.2) is 9.98 Å². The van der Waals surface area contributed by atoms with Crippen LogP contribution in [0, 0.1) is 0 Å². The van der Waals surface area contributed by atoms with Gasteiger partial charge in [-0.1, -0.05) is 30.3 Å². The maximum Gasteiger partial charge on any atom is 0.0824 e. The molecule has 52 heavy (non-hydrogen) atoms. The molecule has 0 bridgehead atoms. The van der Waals surface area contributed by atoms with Gasteiger partial charge in [0.15, 0.2) is 0 Å².